The van der Waals surface area contributed by atoms with Crippen LogP contribution in [0.25, 0.3) is 0 Å². The van der Waals surface area contributed by atoms with Gasteiger partial charge in [-0.3, -0.25) is 0 Å². The molecule has 0 aliphatic rings. The molecule has 1 rings (SSSR count). The topological polar surface area (TPSA) is 158 Å². The Morgan fingerprint density at radius 2 is 1.02 bits per heavy atom. The van der Waals surface area contributed by atoms with Crippen molar-refractivity contribution in [1.82, 2.24) is 15.0 Å². The number of unbranched alkanes of at least 4 members (excludes halogenated alkanes) is 4. The van der Waals surface area contributed by atoms with Gasteiger partial charge in [-0.15, -0.1) is 0 Å². The maximum atomic E-state index is 6.37. The summed E-state index contributed by atoms with van der Waals surface area (Å²) in [5.41, 5.74) is 11.7. The molecule has 0 aromatic carbocycles. The summed E-state index contributed by atoms with van der Waals surface area (Å²) in [7, 11) is 0. The van der Waals surface area contributed by atoms with Gasteiger partial charge in [0.2, 0.25) is 17.8 Å². The zero-order valence-corrected chi connectivity index (χ0v) is 28.0. The zero-order valence-electron chi connectivity index (χ0n) is 28.0. The fraction of sp³-hybridized carbons (Fsp3) is 0.903. The third-order valence-corrected chi connectivity index (χ3v) is 6.47. The second kappa shape index (κ2) is 23.5. The summed E-state index contributed by atoms with van der Waals surface area (Å²) in [4.78, 5) is 12.3. The molecule has 5 N–H and O–H groups in total. The zero-order chi connectivity index (χ0) is 31.8. The van der Waals surface area contributed by atoms with Crippen molar-refractivity contribution in [2.24, 2.45) is 0 Å². The second-order valence-corrected chi connectivity index (χ2v) is 10.8. The van der Waals surface area contributed by atoms with Gasteiger partial charge in [-0.05, 0) is 51.4 Å². The van der Waals surface area contributed by atoms with E-state index < -0.39 is 18.0 Å². The van der Waals surface area contributed by atoms with Crippen molar-refractivity contribution in [2.45, 2.75) is 143 Å². The van der Waals surface area contributed by atoms with Gasteiger partial charge in [-0.1, -0.05) is 67.2 Å². The Morgan fingerprint density at radius 1 is 0.581 bits per heavy atom. The van der Waals surface area contributed by atoms with Crippen LogP contribution in [0, 0.1) is 0 Å². The lowest BCUT2D eigenvalue weighted by atomic mass is 10.0. The lowest BCUT2D eigenvalue weighted by Crippen LogP contribution is -2.56. The SMILES string of the molecule is CCCOC(CCCCCCCC(OCCC)(OCCC)OCCC)C(Nc1nc(N)nc(N)n1)(OCCC)OCCC. The number of hydrogen-bond donors (Lipinski definition) is 3. The molecule has 0 bridgehead atoms. The largest absolute Gasteiger partial charge is 0.370 e. The first-order chi connectivity index (χ1) is 20.8. The summed E-state index contributed by atoms with van der Waals surface area (Å²) in [6.07, 6.45) is 11.3. The van der Waals surface area contributed by atoms with Crippen molar-refractivity contribution in [3.8, 4) is 0 Å². The fourth-order valence-electron chi connectivity index (χ4n) is 4.47. The van der Waals surface area contributed by atoms with Crippen molar-refractivity contribution in [1.29, 1.82) is 0 Å². The Morgan fingerprint density at radius 3 is 1.51 bits per heavy atom. The Balaban J connectivity index is 2.91. The molecule has 0 saturated heterocycles. The quantitative estimate of drug-likeness (QED) is 0.0673. The number of hydrogen-bond acceptors (Lipinski definition) is 12. The molecule has 0 saturated carbocycles. The second-order valence-electron chi connectivity index (χ2n) is 10.8. The summed E-state index contributed by atoms with van der Waals surface area (Å²) in [6, 6.07) is 0. The molecule has 252 valence electrons. The van der Waals surface area contributed by atoms with Gasteiger partial charge in [-0.2, -0.15) is 15.0 Å². The molecule has 0 radical (unpaired) electrons. The highest BCUT2D eigenvalue weighted by atomic mass is 16.9. The molecule has 0 amide bonds. The molecule has 0 aliphatic carbocycles. The lowest BCUT2D eigenvalue weighted by Gasteiger charge is -2.40. The highest BCUT2D eigenvalue weighted by Crippen LogP contribution is 2.29. The first-order valence-electron chi connectivity index (χ1n) is 16.7. The van der Waals surface area contributed by atoms with Gasteiger partial charge in [0.25, 0.3) is 11.9 Å². The van der Waals surface area contributed by atoms with Gasteiger partial charge in [0.1, 0.15) is 6.10 Å². The maximum absolute atomic E-state index is 6.37. The number of aromatic nitrogens is 3. The van der Waals surface area contributed by atoms with Crippen LogP contribution in [0.1, 0.15) is 125 Å². The number of nitrogen functional groups attached to an aromatic ring is 2. The molecule has 0 aliphatic heterocycles. The van der Waals surface area contributed by atoms with Crippen LogP contribution in [-0.4, -0.2) is 72.6 Å². The highest BCUT2D eigenvalue weighted by molar-refractivity contribution is 5.38. The lowest BCUT2D eigenvalue weighted by molar-refractivity contribution is -0.383. The molecule has 1 atom stereocenters. The summed E-state index contributed by atoms with van der Waals surface area (Å²) in [5.74, 6) is -2.02. The Hall–Kier alpha value is -1.83. The van der Waals surface area contributed by atoms with Gasteiger partial charge >= 0.3 is 0 Å². The van der Waals surface area contributed by atoms with E-state index in [4.69, 9.17) is 39.9 Å². The molecule has 1 aromatic heterocycles. The minimum atomic E-state index is -1.30. The van der Waals surface area contributed by atoms with Crippen molar-refractivity contribution in [3.63, 3.8) is 0 Å². The predicted molar refractivity (Wildman–Crippen MR) is 171 cm³/mol. The average molecular weight is 615 g/mol. The van der Waals surface area contributed by atoms with E-state index >= 15 is 0 Å². The van der Waals surface area contributed by atoms with Crippen LogP contribution in [0.2, 0.25) is 0 Å². The standard InChI is InChI=1S/C31H62N6O6/c1-7-20-38-26(31(42-24-11-5,43-25-12-6)37-29-35-27(32)34-28(33)36-29)18-16-14-13-15-17-19-30(39-21-8-2,40-22-9-3)41-23-10-4/h26H,7-25H2,1-6H3,(H5,32,33,34,35,36,37). The predicted octanol–water partition coefficient (Wildman–Crippen LogP) is 6.41. The maximum Gasteiger partial charge on any atom is 0.282 e. The number of anilines is 3. The van der Waals surface area contributed by atoms with Crippen LogP contribution in [-0.2, 0) is 28.4 Å². The normalized spacial score (nSPS) is 13.0. The number of nitrogens with one attached hydrogen (secondary N) is 1. The van der Waals surface area contributed by atoms with Crippen molar-refractivity contribution in [2.75, 3.05) is 56.4 Å². The summed E-state index contributed by atoms with van der Waals surface area (Å²) in [5, 5.41) is 3.25. The van der Waals surface area contributed by atoms with Crippen LogP contribution >= 0.6 is 0 Å². The summed E-state index contributed by atoms with van der Waals surface area (Å²) in [6.45, 7) is 15.8. The van der Waals surface area contributed by atoms with E-state index in [0.29, 0.717) is 39.6 Å². The monoisotopic (exact) mass is 614 g/mol. The molecular weight excluding hydrogens is 552 g/mol. The summed E-state index contributed by atoms with van der Waals surface area (Å²) >= 11 is 0. The van der Waals surface area contributed by atoms with E-state index in [2.05, 4.69) is 48.0 Å². The smallest absolute Gasteiger partial charge is 0.282 e. The van der Waals surface area contributed by atoms with Gasteiger partial charge < -0.3 is 45.2 Å². The van der Waals surface area contributed by atoms with Gasteiger partial charge in [-0.25, -0.2) is 0 Å². The van der Waals surface area contributed by atoms with Crippen molar-refractivity contribution >= 4 is 17.8 Å². The van der Waals surface area contributed by atoms with E-state index in [1.165, 1.54) is 0 Å². The molecule has 1 aromatic rings. The first-order valence-corrected chi connectivity index (χ1v) is 16.7. The minimum Gasteiger partial charge on any atom is -0.370 e. The molecular formula is C31H62N6O6. The van der Waals surface area contributed by atoms with Crippen molar-refractivity contribution in [3.05, 3.63) is 0 Å². The van der Waals surface area contributed by atoms with Crippen LogP contribution in [0.15, 0.2) is 0 Å². The van der Waals surface area contributed by atoms with Gasteiger partial charge in [0, 0.05) is 13.0 Å². The third kappa shape index (κ3) is 15.6. The number of rotatable bonds is 29. The molecule has 0 fully saturated rings. The third-order valence-electron chi connectivity index (χ3n) is 6.47. The Bertz CT molecular complexity index is 771. The van der Waals surface area contributed by atoms with E-state index in [1.54, 1.807) is 0 Å². The summed E-state index contributed by atoms with van der Waals surface area (Å²) < 4.78 is 37.5. The number of nitrogens with zero attached hydrogens (tertiary/aromatic N) is 3. The average Bonchev–Trinajstić information content (AvgIpc) is 2.99. The number of nitrogens with two attached hydrogens (primary N) is 2. The molecule has 1 unspecified atom stereocenters. The van der Waals surface area contributed by atoms with Crippen LogP contribution in [0.3, 0.4) is 0 Å². The van der Waals surface area contributed by atoms with Gasteiger partial charge in [0.05, 0.1) is 33.0 Å². The fourth-order valence-corrected chi connectivity index (χ4v) is 4.47. The minimum absolute atomic E-state index is 0.0187. The first kappa shape index (κ1) is 39.2. The van der Waals surface area contributed by atoms with E-state index in [9.17, 15) is 0 Å². The molecule has 0 spiro atoms. The Kier molecular flexibility index (Phi) is 21.5. The number of ether oxygens (including phenoxy) is 6. The van der Waals surface area contributed by atoms with E-state index in [1.807, 2.05) is 13.8 Å². The van der Waals surface area contributed by atoms with E-state index in [0.717, 1.165) is 83.5 Å². The van der Waals surface area contributed by atoms with Gasteiger partial charge in [0.15, 0.2) is 0 Å². The van der Waals surface area contributed by atoms with Crippen LogP contribution in [0.4, 0.5) is 17.8 Å². The van der Waals surface area contributed by atoms with E-state index in [-0.39, 0.29) is 17.8 Å². The molecule has 43 heavy (non-hydrogen) atoms. The van der Waals surface area contributed by atoms with Crippen LogP contribution in [0.5, 0.6) is 0 Å². The molecule has 12 nitrogen and oxygen atoms in total. The molecule has 1 heterocycles. The Labute approximate surface area is 260 Å². The van der Waals surface area contributed by atoms with Crippen LogP contribution < -0.4 is 16.8 Å². The highest BCUT2D eigenvalue weighted by Gasteiger charge is 2.43. The molecule has 12 heteroatoms. The van der Waals surface area contributed by atoms with Crippen molar-refractivity contribution < 1.29 is 28.4 Å².